The highest BCUT2D eigenvalue weighted by atomic mass is 16.5. The summed E-state index contributed by atoms with van der Waals surface area (Å²) in [5, 5.41) is 3.01. The Labute approximate surface area is 186 Å². The van der Waals surface area contributed by atoms with Gasteiger partial charge in [0.25, 0.3) is 5.91 Å². The quantitative estimate of drug-likeness (QED) is 0.493. The third-order valence-electron chi connectivity index (χ3n) is 5.68. The predicted molar refractivity (Wildman–Crippen MR) is 123 cm³/mol. The lowest BCUT2D eigenvalue weighted by atomic mass is 10.1. The Bertz CT molecular complexity index is 1200. The van der Waals surface area contributed by atoms with Crippen LogP contribution in [-0.2, 0) is 17.8 Å². The molecule has 5 rings (SSSR count). The molecule has 7 heteroatoms. The van der Waals surface area contributed by atoms with E-state index in [2.05, 4.69) is 49.4 Å². The van der Waals surface area contributed by atoms with Gasteiger partial charge in [-0.25, -0.2) is 4.98 Å². The van der Waals surface area contributed by atoms with Crippen molar-refractivity contribution in [1.82, 2.24) is 25.2 Å². The Morgan fingerprint density at radius 3 is 2.53 bits per heavy atom. The van der Waals surface area contributed by atoms with Gasteiger partial charge in [0.2, 0.25) is 0 Å². The Morgan fingerprint density at radius 1 is 1.00 bits per heavy atom. The molecular formula is C25H25N5O2. The number of morpholine rings is 1. The molecule has 0 unspecified atom stereocenters. The number of aromatic nitrogens is 3. The molecule has 1 saturated heterocycles. The number of ether oxygens (including phenoxy) is 1. The average Bonchev–Trinajstić information content (AvgIpc) is 3.28. The first-order valence-corrected chi connectivity index (χ1v) is 10.8. The van der Waals surface area contributed by atoms with E-state index in [9.17, 15) is 4.79 Å². The van der Waals surface area contributed by atoms with Gasteiger partial charge < -0.3 is 15.0 Å². The van der Waals surface area contributed by atoms with Crippen molar-refractivity contribution in [1.29, 1.82) is 0 Å². The Kier molecular flexibility index (Phi) is 5.91. The summed E-state index contributed by atoms with van der Waals surface area (Å²) in [6.07, 6.45) is 3.47. The molecule has 0 saturated carbocycles. The van der Waals surface area contributed by atoms with Crippen molar-refractivity contribution < 1.29 is 9.53 Å². The molecule has 0 spiro atoms. The minimum Gasteiger partial charge on any atom is -0.379 e. The number of fused-ring (bicyclic) bond motifs is 1. The normalized spacial score (nSPS) is 14.5. The van der Waals surface area contributed by atoms with Crippen LogP contribution in [0, 0.1) is 0 Å². The van der Waals surface area contributed by atoms with Crippen molar-refractivity contribution in [2.45, 2.75) is 13.1 Å². The summed E-state index contributed by atoms with van der Waals surface area (Å²) in [6, 6.07) is 17.7. The highest BCUT2D eigenvalue weighted by Gasteiger charge is 2.12. The van der Waals surface area contributed by atoms with Gasteiger partial charge in [0.05, 0.1) is 24.2 Å². The number of nitrogens with one attached hydrogen (secondary N) is 2. The maximum absolute atomic E-state index is 12.7. The van der Waals surface area contributed by atoms with E-state index in [1.807, 2.05) is 24.3 Å². The molecule has 0 bridgehead atoms. The summed E-state index contributed by atoms with van der Waals surface area (Å²) in [7, 11) is 0. The average molecular weight is 428 g/mol. The summed E-state index contributed by atoms with van der Waals surface area (Å²) >= 11 is 0. The second-order valence-corrected chi connectivity index (χ2v) is 7.94. The van der Waals surface area contributed by atoms with Crippen molar-refractivity contribution in [2.24, 2.45) is 0 Å². The van der Waals surface area contributed by atoms with Crippen LogP contribution in [0.2, 0.25) is 0 Å². The molecule has 162 valence electrons. The topological polar surface area (TPSA) is 83.1 Å². The van der Waals surface area contributed by atoms with Crippen LogP contribution in [0.5, 0.6) is 0 Å². The second kappa shape index (κ2) is 9.30. The zero-order chi connectivity index (χ0) is 21.8. The molecule has 2 aromatic heterocycles. The van der Waals surface area contributed by atoms with Crippen molar-refractivity contribution in [3.63, 3.8) is 0 Å². The molecule has 1 aliphatic heterocycles. The van der Waals surface area contributed by atoms with Gasteiger partial charge in [0.15, 0.2) is 0 Å². The third kappa shape index (κ3) is 4.69. The zero-order valence-electron chi connectivity index (χ0n) is 17.8. The number of H-pyrrole nitrogens is 1. The fourth-order valence-electron chi connectivity index (χ4n) is 3.86. The monoisotopic (exact) mass is 427 g/mol. The molecule has 0 atom stereocenters. The number of pyridine rings is 1. The molecule has 0 aliphatic carbocycles. The first-order valence-electron chi connectivity index (χ1n) is 10.8. The van der Waals surface area contributed by atoms with Crippen LogP contribution in [-0.4, -0.2) is 52.1 Å². The van der Waals surface area contributed by atoms with E-state index in [4.69, 9.17) is 4.74 Å². The number of rotatable bonds is 6. The lowest BCUT2D eigenvalue weighted by molar-refractivity contribution is 0.0342. The minimum atomic E-state index is -0.107. The fourth-order valence-corrected chi connectivity index (χ4v) is 3.86. The molecule has 2 N–H and O–H groups in total. The van der Waals surface area contributed by atoms with Crippen LogP contribution in [0.25, 0.3) is 22.4 Å². The van der Waals surface area contributed by atoms with Gasteiger partial charge >= 0.3 is 0 Å². The zero-order valence-corrected chi connectivity index (χ0v) is 17.8. The number of amides is 1. The number of hydrogen-bond donors (Lipinski definition) is 2. The van der Waals surface area contributed by atoms with Gasteiger partial charge in [0.1, 0.15) is 5.82 Å². The number of hydrogen-bond acceptors (Lipinski definition) is 5. The SMILES string of the molecule is O=C(NCc1ccc(CN2CCOCC2)cc1)c1ccc2nc(-c3ccncc3)[nH]c2c1. The summed E-state index contributed by atoms with van der Waals surface area (Å²) in [5.41, 5.74) is 5.56. The van der Waals surface area contributed by atoms with Crippen molar-refractivity contribution in [3.05, 3.63) is 83.7 Å². The van der Waals surface area contributed by atoms with E-state index >= 15 is 0 Å². The molecular weight excluding hydrogens is 402 g/mol. The van der Waals surface area contributed by atoms with Crippen molar-refractivity contribution in [2.75, 3.05) is 26.3 Å². The maximum atomic E-state index is 12.7. The maximum Gasteiger partial charge on any atom is 0.251 e. The highest BCUT2D eigenvalue weighted by molar-refractivity contribution is 5.97. The predicted octanol–water partition coefficient (Wildman–Crippen LogP) is 3.39. The van der Waals surface area contributed by atoms with Crippen LogP contribution in [0.1, 0.15) is 21.5 Å². The second-order valence-electron chi connectivity index (χ2n) is 7.94. The molecule has 7 nitrogen and oxygen atoms in total. The van der Waals surface area contributed by atoms with Gasteiger partial charge in [-0.1, -0.05) is 24.3 Å². The van der Waals surface area contributed by atoms with Gasteiger partial charge in [-0.15, -0.1) is 0 Å². The Hall–Kier alpha value is -3.55. The molecule has 1 fully saturated rings. The van der Waals surface area contributed by atoms with E-state index in [0.717, 1.165) is 60.8 Å². The summed E-state index contributed by atoms with van der Waals surface area (Å²) in [6.45, 7) is 4.98. The van der Waals surface area contributed by atoms with E-state index in [-0.39, 0.29) is 5.91 Å². The highest BCUT2D eigenvalue weighted by Crippen LogP contribution is 2.21. The molecule has 3 heterocycles. The number of nitrogens with zero attached hydrogens (tertiary/aromatic N) is 3. The number of carbonyl (C=O) groups excluding carboxylic acids is 1. The molecule has 32 heavy (non-hydrogen) atoms. The van der Waals surface area contributed by atoms with Crippen LogP contribution >= 0.6 is 0 Å². The number of benzene rings is 2. The van der Waals surface area contributed by atoms with Gasteiger partial charge in [-0.2, -0.15) is 0 Å². The summed E-state index contributed by atoms with van der Waals surface area (Å²) < 4.78 is 5.40. The van der Waals surface area contributed by atoms with Crippen LogP contribution in [0.15, 0.2) is 67.0 Å². The van der Waals surface area contributed by atoms with Gasteiger partial charge in [-0.3, -0.25) is 14.7 Å². The Balaban J connectivity index is 1.21. The van der Waals surface area contributed by atoms with Crippen LogP contribution in [0.3, 0.4) is 0 Å². The smallest absolute Gasteiger partial charge is 0.251 e. The van der Waals surface area contributed by atoms with E-state index in [0.29, 0.717) is 12.1 Å². The molecule has 1 aliphatic rings. The molecule has 4 aromatic rings. The summed E-state index contributed by atoms with van der Waals surface area (Å²) in [5.74, 6) is 0.654. The van der Waals surface area contributed by atoms with Crippen LogP contribution < -0.4 is 5.32 Å². The number of carbonyl (C=O) groups is 1. The van der Waals surface area contributed by atoms with Crippen molar-refractivity contribution >= 4 is 16.9 Å². The first-order chi connectivity index (χ1) is 15.7. The molecule has 0 radical (unpaired) electrons. The third-order valence-corrected chi connectivity index (χ3v) is 5.68. The number of imidazole rings is 1. The fraction of sp³-hybridized carbons (Fsp3) is 0.240. The van der Waals surface area contributed by atoms with Crippen LogP contribution in [0.4, 0.5) is 0 Å². The van der Waals surface area contributed by atoms with E-state index < -0.39 is 0 Å². The summed E-state index contributed by atoms with van der Waals surface area (Å²) in [4.78, 5) is 27.0. The molecule has 2 aromatic carbocycles. The van der Waals surface area contributed by atoms with Gasteiger partial charge in [-0.05, 0) is 41.5 Å². The lowest BCUT2D eigenvalue weighted by Gasteiger charge is -2.26. The largest absolute Gasteiger partial charge is 0.379 e. The lowest BCUT2D eigenvalue weighted by Crippen LogP contribution is -2.35. The number of aromatic amines is 1. The Morgan fingerprint density at radius 2 is 1.75 bits per heavy atom. The standard InChI is InChI=1S/C25H25N5O2/c31-25(27-16-18-1-3-19(4-2-18)17-30-11-13-32-14-12-30)21-5-6-22-23(15-21)29-24(28-22)20-7-9-26-10-8-20/h1-10,15H,11-14,16-17H2,(H,27,31)(H,28,29). The minimum absolute atomic E-state index is 0.107. The van der Waals surface area contributed by atoms with Crippen molar-refractivity contribution in [3.8, 4) is 11.4 Å². The van der Waals surface area contributed by atoms with E-state index in [1.54, 1.807) is 18.5 Å². The molecule has 1 amide bonds. The van der Waals surface area contributed by atoms with Gasteiger partial charge in [0, 0.05) is 49.7 Å². The first kappa shape index (κ1) is 20.4. The van der Waals surface area contributed by atoms with E-state index in [1.165, 1.54) is 5.56 Å².